The SMILES string of the molecule is Cc1cc(Cl)nc(Br)c1C(=O)O. The molecule has 1 rings (SSSR count). The Morgan fingerprint density at radius 2 is 2.33 bits per heavy atom. The topological polar surface area (TPSA) is 50.2 Å². The lowest BCUT2D eigenvalue weighted by Crippen LogP contribution is -2.02. The normalized spacial score (nSPS) is 9.92. The maximum absolute atomic E-state index is 10.6. The highest BCUT2D eigenvalue weighted by atomic mass is 79.9. The van der Waals surface area contributed by atoms with E-state index in [0.717, 1.165) is 0 Å². The second-order valence-corrected chi connectivity index (χ2v) is 3.37. The van der Waals surface area contributed by atoms with Gasteiger partial charge in [-0.05, 0) is 34.5 Å². The van der Waals surface area contributed by atoms with Gasteiger partial charge in [-0.1, -0.05) is 11.6 Å². The predicted octanol–water partition coefficient (Wildman–Crippen LogP) is 2.50. The van der Waals surface area contributed by atoms with Gasteiger partial charge in [0.2, 0.25) is 0 Å². The number of carboxylic acid groups (broad SMARTS) is 1. The van der Waals surface area contributed by atoms with Crippen LogP contribution in [0.5, 0.6) is 0 Å². The van der Waals surface area contributed by atoms with Gasteiger partial charge in [0.1, 0.15) is 9.76 Å². The lowest BCUT2D eigenvalue weighted by atomic mass is 10.2. The number of aromatic carboxylic acids is 1. The Balaban J connectivity index is 3.38. The first-order valence-corrected chi connectivity index (χ1v) is 4.25. The first-order chi connectivity index (χ1) is 5.52. The molecule has 1 aromatic heterocycles. The summed E-state index contributed by atoms with van der Waals surface area (Å²) in [6.07, 6.45) is 0. The summed E-state index contributed by atoms with van der Waals surface area (Å²) in [6.45, 7) is 1.67. The monoisotopic (exact) mass is 249 g/mol. The number of nitrogens with zero attached hydrogens (tertiary/aromatic N) is 1. The molecule has 3 nitrogen and oxygen atoms in total. The molecule has 0 spiro atoms. The van der Waals surface area contributed by atoms with Crippen molar-refractivity contribution in [3.63, 3.8) is 0 Å². The molecule has 0 radical (unpaired) electrons. The third kappa shape index (κ3) is 1.76. The Hall–Kier alpha value is -0.610. The van der Waals surface area contributed by atoms with E-state index in [2.05, 4.69) is 20.9 Å². The van der Waals surface area contributed by atoms with E-state index in [1.807, 2.05) is 0 Å². The zero-order valence-corrected chi connectivity index (χ0v) is 8.48. The smallest absolute Gasteiger partial charge is 0.338 e. The quantitative estimate of drug-likeness (QED) is 0.779. The van der Waals surface area contributed by atoms with Crippen molar-refractivity contribution in [3.8, 4) is 0 Å². The molecule has 0 saturated carbocycles. The number of halogens is 2. The van der Waals surface area contributed by atoms with Gasteiger partial charge >= 0.3 is 5.97 Å². The molecular formula is C7H5BrClNO2. The number of carbonyl (C=O) groups is 1. The van der Waals surface area contributed by atoms with E-state index in [9.17, 15) is 4.79 Å². The maximum Gasteiger partial charge on any atom is 0.338 e. The number of rotatable bonds is 1. The molecular weight excluding hydrogens is 245 g/mol. The van der Waals surface area contributed by atoms with Gasteiger partial charge < -0.3 is 5.11 Å². The summed E-state index contributed by atoms with van der Waals surface area (Å²) in [6, 6.07) is 1.51. The highest BCUT2D eigenvalue weighted by Gasteiger charge is 2.13. The van der Waals surface area contributed by atoms with E-state index in [-0.39, 0.29) is 15.3 Å². The molecule has 5 heteroatoms. The molecule has 0 saturated heterocycles. The van der Waals surface area contributed by atoms with Crippen LogP contribution >= 0.6 is 27.5 Å². The molecule has 0 aliphatic rings. The van der Waals surface area contributed by atoms with Crippen LogP contribution in [-0.2, 0) is 0 Å². The van der Waals surface area contributed by atoms with Gasteiger partial charge in [-0.2, -0.15) is 0 Å². The average molecular weight is 250 g/mol. The minimum atomic E-state index is -1.01. The molecule has 0 fully saturated rings. The van der Waals surface area contributed by atoms with Crippen molar-refractivity contribution in [2.75, 3.05) is 0 Å². The zero-order chi connectivity index (χ0) is 9.30. The number of hydrogen-bond donors (Lipinski definition) is 1. The number of aryl methyl sites for hydroxylation is 1. The van der Waals surface area contributed by atoms with Crippen LogP contribution in [0.25, 0.3) is 0 Å². The molecule has 0 aromatic carbocycles. The average Bonchev–Trinajstić information content (AvgIpc) is 1.82. The lowest BCUT2D eigenvalue weighted by molar-refractivity contribution is 0.0694. The summed E-state index contributed by atoms with van der Waals surface area (Å²) in [7, 11) is 0. The Kier molecular flexibility index (Phi) is 2.69. The molecule has 12 heavy (non-hydrogen) atoms. The van der Waals surface area contributed by atoms with Crippen molar-refractivity contribution in [3.05, 3.63) is 26.9 Å². The van der Waals surface area contributed by atoms with Gasteiger partial charge in [-0.15, -0.1) is 0 Å². The summed E-state index contributed by atoms with van der Waals surface area (Å²) in [5, 5.41) is 9.01. The maximum atomic E-state index is 10.6. The van der Waals surface area contributed by atoms with Crippen LogP contribution in [0.3, 0.4) is 0 Å². The Bertz CT molecular complexity index is 317. The third-order valence-electron chi connectivity index (χ3n) is 1.36. The fourth-order valence-corrected chi connectivity index (χ4v) is 1.88. The van der Waals surface area contributed by atoms with Crippen LogP contribution in [0.15, 0.2) is 10.7 Å². The van der Waals surface area contributed by atoms with E-state index >= 15 is 0 Å². The van der Waals surface area contributed by atoms with E-state index in [1.165, 1.54) is 6.07 Å². The molecule has 0 atom stereocenters. The molecule has 0 aliphatic carbocycles. The molecule has 64 valence electrons. The van der Waals surface area contributed by atoms with Crippen LogP contribution in [0.2, 0.25) is 5.15 Å². The van der Waals surface area contributed by atoms with E-state index in [1.54, 1.807) is 6.92 Å². The number of pyridine rings is 1. The first kappa shape index (κ1) is 9.48. The van der Waals surface area contributed by atoms with Crippen molar-refractivity contribution in [2.24, 2.45) is 0 Å². The molecule has 1 heterocycles. The number of hydrogen-bond acceptors (Lipinski definition) is 2. The van der Waals surface area contributed by atoms with Crippen LogP contribution in [0.1, 0.15) is 15.9 Å². The number of carboxylic acids is 1. The van der Waals surface area contributed by atoms with Gasteiger partial charge in [-0.25, -0.2) is 9.78 Å². The second kappa shape index (κ2) is 3.41. The summed E-state index contributed by atoms with van der Waals surface area (Å²) in [5.41, 5.74) is 0.744. The van der Waals surface area contributed by atoms with Gasteiger partial charge in [0, 0.05) is 0 Å². The molecule has 0 amide bonds. The van der Waals surface area contributed by atoms with Crippen molar-refractivity contribution in [2.45, 2.75) is 6.92 Å². The summed E-state index contributed by atoms with van der Waals surface area (Å²) in [4.78, 5) is 14.4. The highest BCUT2D eigenvalue weighted by molar-refractivity contribution is 9.10. The first-order valence-electron chi connectivity index (χ1n) is 3.08. The van der Waals surface area contributed by atoms with Crippen molar-refractivity contribution in [1.29, 1.82) is 0 Å². The van der Waals surface area contributed by atoms with Crippen molar-refractivity contribution >= 4 is 33.5 Å². The summed E-state index contributed by atoms with van der Waals surface area (Å²) >= 11 is 8.61. The fourth-order valence-electron chi connectivity index (χ4n) is 0.852. The fraction of sp³-hybridized carbons (Fsp3) is 0.143. The van der Waals surface area contributed by atoms with E-state index < -0.39 is 5.97 Å². The molecule has 0 bridgehead atoms. The molecule has 0 aliphatic heterocycles. The van der Waals surface area contributed by atoms with Crippen LogP contribution in [0, 0.1) is 6.92 Å². The highest BCUT2D eigenvalue weighted by Crippen LogP contribution is 2.21. The third-order valence-corrected chi connectivity index (χ3v) is 2.12. The minimum absolute atomic E-state index is 0.152. The minimum Gasteiger partial charge on any atom is -0.478 e. The van der Waals surface area contributed by atoms with Crippen molar-refractivity contribution < 1.29 is 9.90 Å². The molecule has 1 aromatic rings. The summed E-state index contributed by atoms with van der Waals surface area (Å²) in [5.74, 6) is -1.01. The van der Waals surface area contributed by atoms with Gasteiger partial charge in [0.25, 0.3) is 0 Å². The van der Waals surface area contributed by atoms with E-state index in [0.29, 0.717) is 5.56 Å². The molecule has 1 N–H and O–H groups in total. The van der Waals surface area contributed by atoms with Crippen LogP contribution < -0.4 is 0 Å². The molecule has 0 unspecified atom stereocenters. The Morgan fingerprint density at radius 1 is 1.75 bits per heavy atom. The van der Waals surface area contributed by atoms with Crippen molar-refractivity contribution in [1.82, 2.24) is 4.98 Å². The largest absolute Gasteiger partial charge is 0.478 e. The van der Waals surface area contributed by atoms with Gasteiger partial charge in [0.15, 0.2) is 0 Å². The number of aromatic nitrogens is 1. The zero-order valence-electron chi connectivity index (χ0n) is 6.14. The van der Waals surface area contributed by atoms with Gasteiger partial charge in [-0.3, -0.25) is 0 Å². The Labute approximate surface area is 82.5 Å². The second-order valence-electron chi connectivity index (χ2n) is 2.23. The standard InChI is InChI=1S/C7H5BrClNO2/c1-3-2-4(9)10-6(8)5(3)7(11)12/h2H,1H3,(H,11,12). The summed E-state index contributed by atoms with van der Waals surface area (Å²) < 4.78 is 0.264. The van der Waals surface area contributed by atoms with Crippen LogP contribution in [-0.4, -0.2) is 16.1 Å². The predicted molar refractivity (Wildman–Crippen MR) is 48.6 cm³/mol. The van der Waals surface area contributed by atoms with Crippen LogP contribution in [0.4, 0.5) is 0 Å². The lowest BCUT2D eigenvalue weighted by Gasteiger charge is -2.02. The Morgan fingerprint density at radius 3 is 2.75 bits per heavy atom. The van der Waals surface area contributed by atoms with E-state index in [4.69, 9.17) is 16.7 Å². The van der Waals surface area contributed by atoms with Gasteiger partial charge in [0.05, 0.1) is 5.56 Å².